The fourth-order valence-electron chi connectivity index (χ4n) is 1.70. The molecule has 1 aliphatic carbocycles. The zero-order valence-electron chi connectivity index (χ0n) is 10.1. The van der Waals surface area contributed by atoms with Crippen molar-refractivity contribution in [3.8, 4) is 0 Å². The first kappa shape index (κ1) is 14.9. The monoisotopic (exact) mass is 278 g/mol. The van der Waals surface area contributed by atoms with Gasteiger partial charge >= 0.3 is 5.97 Å². The van der Waals surface area contributed by atoms with Crippen LogP contribution in [0.5, 0.6) is 0 Å². The summed E-state index contributed by atoms with van der Waals surface area (Å²) in [6, 6.07) is 0. The quantitative estimate of drug-likeness (QED) is 0.565. The molecule has 1 saturated carbocycles. The van der Waals surface area contributed by atoms with Gasteiger partial charge in [0.1, 0.15) is 11.4 Å². The predicted molar refractivity (Wildman–Crippen MR) is 67.3 cm³/mol. The predicted octanol–water partition coefficient (Wildman–Crippen LogP) is 3.92. The van der Waals surface area contributed by atoms with E-state index in [2.05, 4.69) is 36.7 Å². The molecule has 0 aliphatic heterocycles. The van der Waals surface area contributed by atoms with Crippen molar-refractivity contribution in [1.82, 2.24) is 0 Å². The van der Waals surface area contributed by atoms with E-state index in [4.69, 9.17) is 4.74 Å². The maximum atomic E-state index is 10.9. The summed E-state index contributed by atoms with van der Waals surface area (Å²) in [4.78, 5) is 10.9. The van der Waals surface area contributed by atoms with Crippen molar-refractivity contribution in [3.05, 3.63) is 0 Å². The highest BCUT2D eigenvalue weighted by Gasteiger charge is 2.21. The Kier molecular flexibility index (Phi) is 9.17. The maximum absolute atomic E-state index is 10.9. The molecule has 0 aromatic rings. The number of esters is 1. The second-order valence-corrected chi connectivity index (χ2v) is 4.79. The van der Waals surface area contributed by atoms with E-state index in [1.807, 2.05) is 0 Å². The number of rotatable bonds is 2. The fourth-order valence-corrected chi connectivity index (χ4v) is 1.84. The second kappa shape index (κ2) is 9.20. The van der Waals surface area contributed by atoms with Crippen LogP contribution < -0.4 is 0 Å². The number of hydrogen-bond acceptors (Lipinski definition) is 2. The first-order chi connectivity index (χ1) is 7.13. The number of halogens is 1. The van der Waals surface area contributed by atoms with Gasteiger partial charge in [-0.15, -0.1) is 0 Å². The number of carbonyl (C=O) groups is 1. The van der Waals surface area contributed by atoms with Gasteiger partial charge in [0.25, 0.3) is 0 Å². The van der Waals surface area contributed by atoms with Gasteiger partial charge in [-0.1, -0.05) is 49.5 Å². The Labute approximate surface area is 102 Å². The fraction of sp³-hybridized carbons (Fsp3) is 0.917. The van der Waals surface area contributed by atoms with E-state index in [1.54, 1.807) is 0 Å². The van der Waals surface area contributed by atoms with Crippen molar-refractivity contribution < 1.29 is 9.53 Å². The summed E-state index contributed by atoms with van der Waals surface area (Å²) in [5.41, 5.74) is 0. The van der Waals surface area contributed by atoms with Gasteiger partial charge in [0.2, 0.25) is 0 Å². The Balaban J connectivity index is 0.000000583. The summed E-state index contributed by atoms with van der Waals surface area (Å²) >= 11 is 3.08. The van der Waals surface area contributed by atoms with Crippen LogP contribution in [0.4, 0.5) is 0 Å². The van der Waals surface area contributed by atoms with Gasteiger partial charge in [0.15, 0.2) is 0 Å². The zero-order valence-corrected chi connectivity index (χ0v) is 11.7. The third-order valence-electron chi connectivity index (χ3n) is 2.30. The van der Waals surface area contributed by atoms with Gasteiger partial charge in [-0.25, -0.2) is 0 Å². The SMILES string of the molecule is CC1CCCC(OC(=O)CBr)C1.CCC. The molecular weight excluding hydrogens is 256 g/mol. The Morgan fingerprint density at radius 1 is 1.40 bits per heavy atom. The van der Waals surface area contributed by atoms with E-state index in [9.17, 15) is 4.79 Å². The van der Waals surface area contributed by atoms with Crippen LogP contribution in [0.3, 0.4) is 0 Å². The third kappa shape index (κ3) is 7.83. The Morgan fingerprint density at radius 3 is 2.47 bits per heavy atom. The highest BCUT2D eigenvalue weighted by Crippen LogP contribution is 2.25. The largest absolute Gasteiger partial charge is 0.462 e. The van der Waals surface area contributed by atoms with Crippen LogP contribution in [0.25, 0.3) is 0 Å². The van der Waals surface area contributed by atoms with Crippen LogP contribution in [0, 0.1) is 5.92 Å². The minimum atomic E-state index is -0.130. The average Bonchev–Trinajstić information content (AvgIpc) is 2.19. The van der Waals surface area contributed by atoms with Crippen molar-refractivity contribution in [1.29, 1.82) is 0 Å². The number of carbonyl (C=O) groups excluding carboxylic acids is 1. The van der Waals surface area contributed by atoms with Crippen LogP contribution in [0.1, 0.15) is 52.9 Å². The number of hydrogen-bond donors (Lipinski definition) is 0. The molecule has 3 heteroatoms. The van der Waals surface area contributed by atoms with Crippen LogP contribution >= 0.6 is 15.9 Å². The van der Waals surface area contributed by atoms with E-state index in [0.29, 0.717) is 11.2 Å². The Morgan fingerprint density at radius 2 is 2.00 bits per heavy atom. The average molecular weight is 279 g/mol. The first-order valence-corrected chi connectivity index (χ1v) is 7.01. The normalized spacial score (nSPS) is 25.1. The van der Waals surface area contributed by atoms with Crippen LogP contribution in [0.2, 0.25) is 0 Å². The number of alkyl halides is 1. The van der Waals surface area contributed by atoms with Crippen LogP contribution in [0.15, 0.2) is 0 Å². The van der Waals surface area contributed by atoms with Crippen molar-refractivity contribution in [2.45, 2.75) is 59.0 Å². The van der Waals surface area contributed by atoms with E-state index >= 15 is 0 Å². The van der Waals surface area contributed by atoms with Gasteiger partial charge in [-0.2, -0.15) is 0 Å². The molecule has 2 nitrogen and oxygen atoms in total. The molecule has 0 N–H and O–H groups in total. The molecule has 2 unspecified atom stereocenters. The molecule has 0 amide bonds. The summed E-state index contributed by atoms with van der Waals surface area (Å²) in [5, 5.41) is 0.317. The molecule has 1 fully saturated rings. The minimum Gasteiger partial charge on any atom is -0.462 e. The summed E-state index contributed by atoms with van der Waals surface area (Å²) in [5.74, 6) is 0.584. The standard InChI is InChI=1S/C9H15BrO2.C3H8/c1-7-3-2-4-8(5-7)12-9(11)6-10;1-3-2/h7-8H,2-6H2,1H3;3H2,1-2H3. The molecule has 2 atom stereocenters. The van der Waals surface area contributed by atoms with E-state index < -0.39 is 0 Å². The van der Waals surface area contributed by atoms with Crippen molar-refractivity contribution in [3.63, 3.8) is 0 Å². The summed E-state index contributed by atoms with van der Waals surface area (Å²) in [7, 11) is 0. The Bertz CT molecular complexity index is 171. The highest BCUT2D eigenvalue weighted by atomic mass is 79.9. The first-order valence-electron chi connectivity index (χ1n) is 5.89. The molecule has 0 heterocycles. The lowest BCUT2D eigenvalue weighted by atomic mass is 9.89. The Hall–Kier alpha value is -0.0500. The van der Waals surface area contributed by atoms with Crippen LogP contribution in [-0.2, 0) is 9.53 Å². The van der Waals surface area contributed by atoms with Gasteiger partial charge in [-0.05, 0) is 25.2 Å². The molecule has 0 aromatic heterocycles. The molecule has 1 rings (SSSR count). The molecule has 0 radical (unpaired) electrons. The second-order valence-electron chi connectivity index (χ2n) is 4.22. The van der Waals surface area contributed by atoms with Gasteiger partial charge in [0, 0.05) is 0 Å². The molecule has 0 aromatic carbocycles. The molecule has 0 saturated heterocycles. The lowest BCUT2D eigenvalue weighted by molar-refractivity contribution is -0.147. The molecular formula is C12H23BrO2. The lowest BCUT2D eigenvalue weighted by Crippen LogP contribution is -2.24. The third-order valence-corrected chi connectivity index (χ3v) is 2.75. The van der Waals surface area contributed by atoms with Crippen LogP contribution in [-0.4, -0.2) is 17.4 Å². The van der Waals surface area contributed by atoms with E-state index in [-0.39, 0.29) is 12.1 Å². The van der Waals surface area contributed by atoms with E-state index in [0.717, 1.165) is 12.8 Å². The smallest absolute Gasteiger partial charge is 0.316 e. The molecule has 0 bridgehead atoms. The van der Waals surface area contributed by atoms with Gasteiger partial charge in [-0.3, -0.25) is 4.79 Å². The lowest BCUT2D eigenvalue weighted by Gasteiger charge is -2.26. The van der Waals surface area contributed by atoms with Crippen molar-refractivity contribution >= 4 is 21.9 Å². The summed E-state index contributed by atoms with van der Waals surface area (Å²) in [6.45, 7) is 6.47. The molecule has 0 spiro atoms. The maximum Gasteiger partial charge on any atom is 0.316 e. The van der Waals surface area contributed by atoms with Crippen molar-refractivity contribution in [2.75, 3.05) is 5.33 Å². The molecule has 15 heavy (non-hydrogen) atoms. The van der Waals surface area contributed by atoms with Gasteiger partial charge in [0.05, 0.1) is 0 Å². The molecule has 1 aliphatic rings. The highest BCUT2D eigenvalue weighted by molar-refractivity contribution is 9.09. The zero-order chi connectivity index (χ0) is 11.7. The summed E-state index contributed by atoms with van der Waals surface area (Å²) < 4.78 is 5.23. The van der Waals surface area contributed by atoms with E-state index in [1.165, 1.54) is 19.3 Å². The van der Waals surface area contributed by atoms with Gasteiger partial charge < -0.3 is 4.74 Å². The topological polar surface area (TPSA) is 26.3 Å². The summed E-state index contributed by atoms with van der Waals surface area (Å²) in [6.07, 6.45) is 5.99. The molecule has 90 valence electrons. The minimum absolute atomic E-state index is 0.130. The van der Waals surface area contributed by atoms with Crippen molar-refractivity contribution in [2.24, 2.45) is 5.92 Å². The number of ether oxygens (including phenoxy) is 1.